The fraction of sp³-hybridized carbons (Fsp3) is 0.364. The maximum Gasteiger partial charge on any atom is 0.211 e. The highest BCUT2D eigenvalue weighted by Gasteiger charge is 2.14. The number of hydrogen-bond acceptors (Lipinski definition) is 8. The molecule has 1 saturated heterocycles. The molecule has 1 amide bonds. The summed E-state index contributed by atoms with van der Waals surface area (Å²) in [6.07, 6.45) is 9.10. The van der Waals surface area contributed by atoms with E-state index in [1.54, 1.807) is 12.1 Å². The van der Waals surface area contributed by atoms with Crippen molar-refractivity contribution in [1.29, 1.82) is 0 Å². The van der Waals surface area contributed by atoms with Crippen molar-refractivity contribution in [2.75, 3.05) is 29.6 Å². The molecule has 1 aliphatic heterocycles. The summed E-state index contributed by atoms with van der Waals surface area (Å²) in [5.74, 6) is 0.863. The first-order chi connectivity index (χ1) is 15.6. The van der Waals surface area contributed by atoms with Crippen LogP contribution in [0.25, 0.3) is 11.4 Å². The monoisotopic (exact) mass is 459 g/mol. The Morgan fingerprint density at radius 1 is 1.09 bits per heavy atom. The number of halogens is 1. The minimum absolute atomic E-state index is 0. The smallest absolute Gasteiger partial charge is 0.211 e. The first kappa shape index (κ1) is 25.1. The van der Waals surface area contributed by atoms with Crippen molar-refractivity contribution in [2.24, 2.45) is 0 Å². The van der Waals surface area contributed by atoms with Gasteiger partial charge < -0.3 is 10.2 Å². The van der Waals surface area contributed by atoms with E-state index < -0.39 is 5.82 Å². The van der Waals surface area contributed by atoms with Gasteiger partial charge in [0.2, 0.25) is 11.6 Å². The third-order valence-corrected chi connectivity index (χ3v) is 5.02. The van der Waals surface area contributed by atoms with Gasteiger partial charge in [0.05, 0.1) is 18.6 Å². The second-order valence-electron chi connectivity index (χ2n) is 6.51. The Hall–Kier alpha value is -3.14. The number of thioether (sulfide) groups is 1. The van der Waals surface area contributed by atoms with E-state index in [1.807, 2.05) is 39.3 Å². The Balaban J connectivity index is 0.000000306. The van der Waals surface area contributed by atoms with Gasteiger partial charge in [0, 0.05) is 25.8 Å². The number of aromatic nitrogens is 5. The number of amides is 1. The third kappa shape index (κ3) is 7.23. The van der Waals surface area contributed by atoms with E-state index in [9.17, 15) is 9.18 Å². The van der Waals surface area contributed by atoms with Gasteiger partial charge in [-0.15, -0.1) is 10.2 Å². The number of carbonyl (C=O) groups is 1. The van der Waals surface area contributed by atoms with Crippen molar-refractivity contribution in [3.05, 3.63) is 48.2 Å². The summed E-state index contributed by atoms with van der Waals surface area (Å²) in [7, 11) is 0. The number of nitrogens with one attached hydrogen (secondary N) is 1. The fourth-order valence-corrected chi connectivity index (χ4v) is 3.20. The summed E-state index contributed by atoms with van der Waals surface area (Å²) in [5, 5.41) is 11.4. The number of benzene rings is 1. The zero-order valence-electron chi connectivity index (χ0n) is 18.7. The molecule has 10 heteroatoms. The fourth-order valence-electron chi connectivity index (χ4n) is 2.92. The predicted octanol–water partition coefficient (Wildman–Crippen LogP) is 4.63. The summed E-state index contributed by atoms with van der Waals surface area (Å²) < 4.78 is 12.7. The highest BCUT2D eigenvalue weighted by atomic mass is 32.2. The number of rotatable bonds is 5. The number of hydrogen-bond donors (Lipinski definition) is 1. The van der Waals surface area contributed by atoms with Gasteiger partial charge in [-0.2, -0.15) is 0 Å². The Labute approximate surface area is 193 Å². The van der Waals surface area contributed by atoms with Crippen LogP contribution >= 0.6 is 11.8 Å². The average molecular weight is 460 g/mol. The van der Waals surface area contributed by atoms with Crippen molar-refractivity contribution in [3.63, 3.8) is 0 Å². The first-order valence-corrected chi connectivity index (χ1v) is 11.6. The Kier molecular flexibility index (Phi) is 10.5. The summed E-state index contributed by atoms with van der Waals surface area (Å²) in [6.45, 7) is 8.08. The molecule has 1 aromatic carbocycles. The molecular weight excluding hydrogens is 429 g/mol. The maximum absolute atomic E-state index is 12.7. The molecule has 1 aliphatic rings. The average Bonchev–Trinajstić information content (AvgIpc) is 3.38. The van der Waals surface area contributed by atoms with E-state index in [-0.39, 0.29) is 1.43 Å². The van der Waals surface area contributed by atoms with Crippen LogP contribution in [0, 0.1) is 12.7 Å². The number of aryl methyl sites for hydroxylation is 1. The SMILES string of the molecule is CC.CSc1ncc(N2CCCC2)nn1.Cc1ccc(NC=O)cc1-c1ncc(F)cn1.[HH]. The largest absolute Gasteiger partial charge is 0.354 e. The second-order valence-corrected chi connectivity index (χ2v) is 7.29. The van der Waals surface area contributed by atoms with E-state index in [4.69, 9.17) is 0 Å². The Morgan fingerprint density at radius 3 is 2.34 bits per heavy atom. The van der Waals surface area contributed by atoms with Gasteiger partial charge in [-0.05, 0) is 43.7 Å². The zero-order chi connectivity index (χ0) is 23.3. The van der Waals surface area contributed by atoms with Crippen LogP contribution in [-0.4, -0.2) is 50.9 Å². The number of carbonyl (C=O) groups excluding carboxylic acids is 1. The molecular formula is C22H30FN7OS. The maximum atomic E-state index is 12.7. The van der Waals surface area contributed by atoms with Crippen LogP contribution in [-0.2, 0) is 4.79 Å². The molecule has 1 N–H and O–H groups in total. The van der Waals surface area contributed by atoms with Gasteiger partial charge >= 0.3 is 0 Å². The molecule has 0 bridgehead atoms. The molecule has 0 atom stereocenters. The molecule has 0 aliphatic carbocycles. The summed E-state index contributed by atoms with van der Waals surface area (Å²) in [5.41, 5.74) is 2.36. The molecule has 32 heavy (non-hydrogen) atoms. The molecule has 172 valence electrons. The number of nitrogens with zero attached hydrogens (tertiary/aromatic N) is 6. The van der Waals surface area contributed by atoms with E-state index in [0.29, 0.717) is 17.9 Å². The van der Waals surface area contributed by atoms with E-state index in [0.717, 1.165) is 47.6 Å². The minimum Gasteiger partial charge on any atom is -0.354 e. The van der Waals surface area contributed by atoms with Gasteiger partial charge in [0.1, 0.15) is 0 Å². The topological polar surface area (TPSA) is 96.8 Å². The van der Waals surface area contributed by atoms with Crippen LogP contribution in [0.1, 0.15) is 33.7 Å². The lowest BCUT2D eigenvalue weighted by Gasteiger charge is -2.14. The molecule has 2 aromatic heterocycles. The highest BCUT2D eigenvalue weighted by molar-refractivity contribution is 7.98. The van der Waals surface area contributed by atoms with Gasteiger partial charge in [0.15, 0.2) is 17.5 Å². The Morgan fingerprint density at radius 2 is 1.78 bits per heavy atom. The predicted molar refractivity (Wildman–Crippen MR) is 128 cm³/mol. The van der Waals surface area contributed by atoms with Crippen molar-refractivity contribution in [1.82, 2.24) is 25.1 Å². The van der Waals surface area contributed by atoms with Gasteiger partial charge in [-0.25, -0.2) is 19.3 Å². The first-order valence-electron chi connectivity index (χ1n) is 10.4. The Bertz CT molecular complexity index is 971. The lowest BCUT2D eigenvalue weighted by atomic mass is 10.1. The van der Waals surface area contributed by atoms with Crippen molar-refractivity contribution < 1.29 is 10.6 Å². The number of anilines is 2. The van der Waals surface area contributed by atoms with Gasteiger partial charge in [-0.3, -0.25) is 4.79 Å². The van der Waals surface area contributed by atoms with E-state index in [2.05, 4.69) is 35.4 Å². The van der Waals surface area contributed by atoms with Crippen molar-refractivity contribution in [2.45, 2.75) is 38.8 Å². The molecule has 3 heterocycles. The van der Waals surface area contributed by atoms with Crippen LogP contribution in [0.3, 0.4) is 0 Å². The lowest BCUT2D eigenvalue weighted by Crippen LogP contribution is -2.19. The minimum atomic E-state index is -0.478. The van der Waals surface area contributed by atoms with Crippen molar-refractivity contribution >= 4 is 29.7 Å². The molecule has 3 aromatic rings. The molecule has 8 nitrogen and oxygen atoms in total. The normalized spacial score (nSPS) is 12.2. The molecule has 1 fully saturated rings. The highest BCUT2D eigenvalue weighted by Crippen LogP contribution is 2.23. The van der Waals surface area contributed by atoms with Crippen LogP contribution in [0.15, 0.2) is 41.9 Å². The third-order valence-electron chi connectivity index (χ3n) is 4.47. The quantitative estimate of drug-likeness (QED) is 0.436. The van der Waals surface area contributed by atoms with Crippen LogP contribution < -0.4 is 10.2 Å². The molecule has 4 rings (SSSR count). The molecule has 0 unspecified atom stereocenters. The van der Waals surface area contributed by atoms with Crippen LogP contribution in [0.5, 0.6) is 0 Å². The summed E-state index contributed by atoms with van der Waals surface area (Å²) >= 11 is 1.52. The standard InChI is InChI=1S/C12H10FN3O.C8H12N4S.C2H6.H2/c1-8-2-3-10(16-7-17)4-11(8)12-14-5-9(13)6-15-12;1-13-8-9-6-7(10-11-8)12-4-2-3-5-12;1-2;/h2-7H,1H3,(H,16,17);6H,2-5H2,1H3;1-2H3;1H. The van der Waals surface area contributed by atoms with E-state index >= 15 is 0 Å². The van der Waals surface area contributed by atoms with Crippen LogP contribution in [0.4, 0.5) is 15.9 Å². The molecule has 0 spiro atoms. The summed E-state index contributed by atoms with van der Waals surface area (Å²) in [6, 6.07) is 5.36. The molecule has 0 saturated carbocycles. The zero-order valence-corrected chi connectivity index (χ0v) is 19.6. The van der Waals surface area contributed by atoms with Gasteiger partial charge in [0.25, 0.3) is 0 Å². The van der Waals surface area contributed by atoms with Gasteiger partial charge in [-0.1, -0.05) is 31.7 Å². The lowest BCUT2D eigenvalue weighted by molar-refractivity contribution is -0.105. The molecule has 0 radical (unpaired) electrons. The van der Waals surface area contributed by atoms with Crippen LogP contribution in [0.2, 0.25) is 0 Å². The second kappa shape index (κ2) is 13.3. The van der Waals surface area contributed by atoms with E-state index in [1.165, 1.54) is 24.6 Å². The van der Waals surface area contributed by atoms with Crippen molar-refractivity contribution in [3.8, 4) is 11.4 Å². The summed E-state index contributed by atoms with van der Waals surface area (Å²) in [4.78, 5) is 24.6.